The van der Waals surface area contributed by atoms with Gasteiger partial charge in [-0.3, -0.25) is 9.78 Å². The van der Waals surface area contributed by atoms with E-state index in [0.717, 1.165) is 4.57 Å². The molecule has 1 aromatic carbocycles. The Morgan fingerprint density at radius 2 is 2.06 bits per heavy atom. The topological polar surface area (TPSA) is 75.1 Å². The Hall–Kier alpha value is -1.53. The minimum absolute atomic E-state index is 0.0636. The SMILES string of the molecule is Cc1c(O)n(-c2ccc(Br)c(Cl)c2)c(=O)[nH]c1=O. The number of hydrogen-bond acceptors (Lipinski definition) is 3. The van der Waals surface area contributed by atoms with E-state index >= 15 is 0 Å². The van der Waals surface area contributed by atoms with Crippen molar-refractivity contribution in [1.29, 1.82) is 0 Å². The van der Waals surface area contributed by atoms with Gasteiger partial charge in [-0.25, -0.2) is 9.36 Å². The van der Waals surface area contributed by atoms with E-state index in [1.165, 1.54) is 13.0 Å². The lowest BCUT2D eigenvalue weighted by Crippen LogP contribution is -2.30. The largest absolute Gasteiger partial charge is 0.494 e. The molecule has 0 aliphatic heterocycles. The second kappa shape index (κ2) is 4.62. The van der Waals surface area contributed by atoms with Gasteiger partial charge in [0.15, 0.2) is 0 Å². The van der Waals surface area contributed by atoms with Crippen molar-refractivity contribution in [2.24, 2.45) is 0 Å². The Labute approximate surface area is 115 Å². The van der Waals surface area contributed by atoms with Crippen LogP contribution in [0.4, 0.5) is 0 Å². The second-order valence-electron chi connectivity index (χ2n) is 3.64. The number of rotatable bonds is 1. The van der Waals surface area contributed by atoms with Crippen molar-refractivity contribution in [3.05, 3.63) is 54.1 Å². The third kappa shape index (κ3) is 2.09. The van der Waals surface area contributed by atoms with Crippen molar-refractivity contribution in [3.8, 4) is 11.6 Å². The van der Waals surface area contributed by atoms with Crippen LogP contribution in [0, 0.1) is 6.92 Å². The zero-order chi connectivity index (χ0) is 13.4. The fourth-order valence-electron chi connectivity index (χ4n) is 1.48. The summed E-state index contributed by atoms with van der Waals surface area (Å²) in [6.45, 7) is 1.42. The van der Waals surface area contributed by atoms with Crippen LogP contribution < -0.4 is 11.2 Å². The third-order valence-corrected chi connectivity index (χ3v) is 3.71. The fraction of sp³-hybridized carbons (Fsp3) is 0.0909. The van der Waals surface area contributed by atoms with Crippen LogP contribution in [0.2, 0.25) is 5.02 Å². The van der Waals surface area contributed by atoms with Gasteiger partial charge in [0.1, 0.15) is 0 Å². The van der Waals surface area contributed by atoms with Crippen molar-refractivity contribution >= 4 is 27.5 Å². The first-order chi connectivity index (χ1) is 8.41. The zero-order valence-corrected chi connectivity index (χ0v) is 11.5. The first-order valence-corrected chi connectivity index (χ1v) is 6.09. The van der Waals surface area contributed by atoms with E-state index in [-0.39, 0.29) is 5.56 Å². The number of H-pyrrole nitrogens is 1. The summed E-state index contributed by atoms with van der Waals surface area (Å²) >= 11 is 9.15. The summed E-state index contributed by atoms with van der Waals surface area (Å²) in [5.74, 6) is -0.401. The average Bonchev–Trinajstić information content (AvgIpc) is 2.31. The number of nitrogens with one attached hydrogen (secondary N) is 1. The van der Waals surface area contributed by atoms with Gasteiger partial charge in [0.05, 0.1) is 16.3 Å². The number of hydrogen-bond donors (Lipinski definition) is 2. The molecule has 7 heteroatoms. The van der Waals surface area contributed by atoms with Crippen LogP contribution in [-0.4, -0.2) is 14.7 Å². The van der Waals surface area contributed by atoms with E-state index in [0.29, 0.717) is 15.2 Å². The lowest BCUT2D eigenvalue weighted by atomic mass is 10.3. The van der Waals surface area contributed by atoms with Gasteiger partial charge in [-0.15, -0.1) is 0 Å². The molecule has 1 heterocycles. The van der Waals surface area contributed by atoms with Gasteiger partial charge in [0.25, 0.3) is 5.56 Å². The van der Waals surface area contributed by atoms with Crippen molar-refractivity contribution in [1.82, 2.24) is 9.55 Å². The zero-order valence-electron chi connectivity index (χ0n) is 9.20. The van der Waals surface area contributed by atoms with E-state index < -0.39 is 17.1 Å². The highest BCUT2D eigenvalue weighted by molar-refractivity contribution is 9.10. The summed E-state index contributed by atoms with van der Waals surface area (Å²) in [7, 11) is 0. The quantitative estimate of drug-likeness (QED) is 0.839. The molecule has 2 aromatic rings. The number of nitrogens with zero attached hydrogens (tertiary/aromatic N) is 1. The molecule has 2 N–H and O–H groups in total. The first-order valence-electron chi connectivity index (χ1n) is 4.92. The molecule has 0 saturated heterocycles. The van der Waals surface area contributed by atoms with Crippen molar-refractivity contribution in [2.75, 3.05) is 0 Å². The number of halogens is 2. The van der Waals surface area contributed by atoms with Crippen LogP contribution in [0.1, 0.15) is 5.56 Å². The highest BCUT2D eigenvalue weighted by Crippen LogP contribution is 2.26. The first kappa shape index (κ1) is 12.9. The Balaban J connectivity index is 2.79. The molecular weight excluding hydrogens is 323 g/mol. The molecule has 0 amide bonds. The van der Waals surface area contributed by atoms with Crippen LogP contribution in [0.25, 0.3) is 5.69 Å². The van der Waals surface area contributed by atoms with Crippen molar-refractivity contribution in [2.45, 2.75) is 6.92 Å². The number of benzene rings is 1. The van der Waals surface area contributed by atoms with Gasteiger partial charge < -0.3 is 5.11 Å². The van der Waals surface area contributed by atoms with Gasteiger partial charge in [-0.1, -0.05) is 11.6 Å². The molecule has 94 valence electrons. The molecule has 18 heavy (non-hydrogen) atoms. The molecule has 0 aliphatic rings. The highest BCUT2D eigenvalue weighted by Gasteiger charge is 2.12. The number of aromatic nitrogens is 2. The normalized spacial score (nSPS) is 10.6. The van der Waals surface area contributed by atoms with E-state index in [2.05, 4.69) is 20.9 Å². The standard InChI is InChI=1S/C11H8BrClN2O3/c1-5-9(16)14-11(18)15(10(5)17)6-2-3-7(12)8(13)4-6/h2-4,17H,1H3,(H,14,16,18). The Morgan fingerprint density at radius 3 is 2.67 bits per heavy atom. The molecule has 0 unspecified atom stereocenters. The minimum atomic E-state index is -0.721. The van der Waals surface area contributed by atoms with Gasteiger partial charge in [-0.05, 0) is 41.1 Å². The molecule has 1 aromatic heterocycles. The second-order valence-corrected chi connectivity index (χ2v) is 4.90. The maximum atomic E-state index is 11.7. The summed E-state index contributed by atoms with van der Waals surface area (Å²) in [5.41, 5.74) is -0.905. The maximum Gasteiger partial charge on any atom is 0.335 e. The van der Waals surface area contributed by atoms with Crippen LogP contribution in [0.3, 0.4) is 0 Å². The Kier molecular flexibility index (Phi) is 3.32. The van der Waals surface area contributed by atoms with Crippen molar-refractivity contribution < 1.29 is 5.11 Å². The number of aromatic amines is 1. The molecule has 0 atom stereocenters. The van der Waals surface area contributed by atoms with Crippen LogP contribution >= 0.6 is 27.5 Å². The van der Waals surface area contributed by atoms with Crippen LogP contribution in [0.15, 0.2) is 32.3 Å². The molecule has 0 spiro atoms. The van der Waals surface area contributed by atoms with E-state index in [1.807, 2.05) is 0 Å². The molecular formula is C11H8BrClN2O3. The summed E-state index contributed by atoms with van der Waals surface area (Å²) < 4.78 is 1.65. The third-order valence-electron chi connectivity index (χ3n) is 2.47. The maximum absolute atomic E-state index is 11.7. The van der Waals surface area contributed by atoms with E-state index in [9.17, 15) is 14.7 Å². The monoisotopic (exact) mass is 330 g/mol. The molecule has 0 saturated carbocycles. The summed E-state index contributed by atoms with van der Waals surface area (Å²) in [6.07, 6.45) is 0. The summed E-state index contributed by atoms with van der Waals surface area (Å²) in [4.78, 5) is 25.1. The highest BCUT2D eigenvalue weighted by atomic mass is 79.9. The molecule has 0 radical (unpaired) electrons. The van der Waals surface area contributed by atoms with Gasteiger partial charge in [0, 0.05) is 4.47 Å². The smallest absolute Gasteiger partial charge is 0.335 e. The number of aromatic hydroxyl groups is 1. The van der Waals surface area contributed by atoms with Gasteiger partial charge in [-0.2, -0.15) is 0 Å². The molecule has 0 aliphatic carbocycles. The predicted molar refractivity (Wildman–Crippen MR) is 71.8 cm³/mol. The lowest BCUT2D eigenvalue weighted by Gasteiger charge is -2.10. The van der Waals surface area contributed by atoms with Crippen LogP contribution in [-0.2, 0) is 0 Å². The van der Waals surface area contributed by atoms with Crippen molar-refractivity contribution in [3.63, 3.8) is 0 Å². The fourth-order valence-corrected chi connectivity index (χ4v) is 1.90. The molecule has 5 nitrogen and oxygen atoms in total. The molecule has 2 rings (SSSR count). The Morgan fingerprint density at radius 1 is 1.39 bits per heavy atom. The average molecular weight is 332 g/mol. The van der Waals surface area contributed by atoms with Gasteiger partial charge >= 0.3 is 5.69 Å². The van der Waals surface area contributed by atoms with E-state index in [1.54, 1.807) is 12.1 Å². The molecule has 0 fully saturated rings. The van der Waals surface area contributed by atoms with Gasteiger partial charge in [0.2, 0.25) is 5.88 Å². The lowest BCUT2D eigenvalue weighted by molar-refractivity contribution is 0.426. The van der Waals surface area contributed by atoms with Crippen LogP contribution in [0.5, 0.6) is 5.88 Å². The van der Waals surface area contributed by atoms with E-state index in [4.69, 9.17) is 11.6 Å². The Bertz CT molecular complexity index is 736. The summed E-state index contributed by atoms with van der Waals surface area (Å²) in [6, 6.07) is 4.74. The predicted octanol–water partition coefficient (Wildman–Crippen LogP) is 1.96. The molecule has 0 bridgehead atoms. The minimum Gasteiger partial charge on any atom is -0.494 e. The summed E-state index contributed by atoms with van der Waals surface area (Å²) in [5, 5.41) is 10.3.